The molecule has 0 saturated carbocycles. The largest absolute Gasteiger partial charge is 0.436 e. The Morgan fingerprint density at radius 3 is 2.60 bits per heavy atom. The maximum absolute atomic E-state index is 13.6. The Morgan fingerprint density at radius 2 is 2.05 bits per heavy atom. The van der Waals surface area contributed by atoms with Crippen LogP contribution < -0.4 is 0 Å². The quantitative estimate of drug-likeness (QED) is 0.801. The molecule has 20 heavy (non-hydrogen) atoms. The third kappa shape index (κ3) is 2.58. The minimum atomic E-state index is -4.83. The van der Waals surface area contributed by atoms with Gasteiger partial charge in [0.25, 0.3) is 0 Å². The molecule has 104 valence electrons. The van der Waals surface area contributed by atoms with Crippen molar-refractivity contribution in [1.29, 1.82) is 5.26 Å². The minimum Gasteiger partial charge on any atom is -0.234 e. The first-order valence-electron chi connectivity index (χ1n) is 5.18. The van der Waals surface area contributed by atoms with Crippen molar-refractivity contribution < 1.29 is 17.6 Å². The van der Waals surface area contributed by atoms with Gasteiger partial charge in [0.2, 0.25) is 0 Å². The predicted molar refractivity (Wildman–Crippen MR) is 60.3 cm³/mol. The van der Waals surface area contributed by atoms with Gasteiger partial charge in [0, 0.05) is 10.6 Å². The van der Waals surface area contributed by atoms with E-state index in [2.05, 4.69) is 10.3 Å². The maximum Gasteiger partial charge on any atom is 0.436 e. The van der Waals surface area contributed by atoms with Gasteiger partial charge in [-0.2, -0.15) is 18.4 Å². The Balaban J connectivity index is 2.51. The number of aromatic nitrogens is 3. The number of hydrogen-bond donors (Lipinski definition) is 0. The molecule has 0 aliphatic heterocycles. The number of alkyl halides is 3. The fourth-order valence-corrected chi connectivity index (χ4v) is 1.84. The summed E-state index contributed by atoms with van der Waals surface area (Å²) in [5, 5.41) is 14.9. The molecule has 0 radical (unpaired) electrons. The summed E-state index contributed by atoms with van der Waals surface area (Å²) in [6.45, 7) is -0.574. The minimum absolute atomic E-state index is 0.0351. The lowest BCUT2D eigenvalue weighted by molar-refractivity contribution is -0.144. The van der Waals surface area contributed by atoms with E-state index in [4.69, 9.17) is 16.9 Å². The monoisotopic (exact) mass is 304 g/mol. The molecule has 0 atom stereocenters. The molecule has 0 aliphatic carbocycles. The summed E-state index contributed by atoms with van der Waals surface area (Å²) in [7, 11) is 0. The van der Waals surface area contributed by atoms with Gasteiger partial charge in [0.15, 0.2) is 11.4 Å². The molecule has 0 aliphatic rings. The smallest absolute Gasteiger partial charge is 0.234 e. The zero-order valence-electron chi connectivity index (χ0n) is 9.62. The first-order chi connectivity index (χ1) is 9.34. The Hall–Kier alpha value is -2.14. The molecule has 1 aromatic carbocycles. The topological polar surface area (TPSA) is 54.5 Å². The van der Waals surface area contributed by atoms with Crippen molar-refractivity contribution in [1.82, 2.24) is 15.0 Å². The molecule has 1 aromatic heterocycles. The average molecular weight is 305 g/mol. The fourth-order valence-electron chi connectivity index (χ4n) is 1.61. The molecule has 0 spiro atoms. The van der Waals surface area contributed by atoms with Gasteiger partial charge in [-0.1, -0.05) is 22.9 Å². The predicted octanol–water partition coefficient (Wildman–Crippen LogP) is 3.01. The van der Waals surface area contributed by atoms with E-state index >= 15 is 0 Å². The van der Waals surface area contributed by atoms with Crippen molar-refractivity contribution in [2.24, 2.45) is 0 Å². The second kappa shape index (κ2) is 5.09. The van der Waals surface area contributed by atoms with Crippen LogP contribution in [0.5, 0.6) is 0 Å². The van der Waals surface area contributed by atoms with E-state index in [0.29, 0.717) is 4.68 Å². The van der Waals surface area contributed by atoms with E-state index < -0.39 is 29.9 Å². The summed E-state index contributed by atoms with van der Waals surface area (Å²) in [5.74, 6) is -0.764. The van der Waals surface area contributed by atoms with E-state index in [1.807, 2.05) is 0 Å². The van der Waals surface area contributed by atoms with Crippen LogP contribution in [0, 0.1) is 17.1 Å². The lowest BCUT2D eigenvalue weighted by atomic mass is 10.2. The Labute approximate surface area is 115 Å². The highest BCUT2D eigenvalue weighted by atomic mass is 35.5. The molecule has 1 heterocycles. The number of benzene rings is 1. The summed E-state index contributed by atoms with van der Waals surface area (Å²) in [6, 6.07) is 5.03. The average Bonchev–Trinajstić information content (AvgIpc) is 2.76. The Bertz CT molecular complexity index is 666. The number of nitrogens with zero attached hydrogens (tertiary/aromatic N) is 4. The van der Waals surface area contributed by atoms with Crippen LogP contribution >= 0.6 is 11.6 Å². The summed E-state index contributed by atoms with van der Waals surface area (Å²) < 4.78 is 52.5. The van der Waals surface area contributed by atoms with E-state index in [1.165, 1.54) is 18.2 Å². The van der Waals surface area contributed by atoms with Crippen molar-refractivity contribution >= 4 is 11.6 Å². The fraction of sp³-hybridized carbons (Fsp3) is 0.182. The zero-order valence-corrected chi connectivity index (χ0v) is 10.4. The van der Waals surface area contributed by atoms with Crippen LogP contribution in [-0.4, -0.2) is 15.0 Å². The number of rotatable bonds is 2. The van der Waals surface area contributed by atoms with Gasteiger partial charge in [-0.3, -0.25) is 0 Å². The van der Waals surface area contributed by atoms with Gasteiger partial charge in [0.1, 0.15) is 11.9 Å². The first-order valence-corrected chi connectivity index (χ1v) is 5.56. The van der Waals surface area contributed by atoms with Crippen LogP contribution in [0.15, 0.2) is 18.2 Å². The Morgan fingerprint density at radius 1 is 1.35 bits per heavy atom. The van der Waals surface area contributed by atoms with Crippen LogP contribution in [0.25, 0.3) is 0 Å². The highest BCUT2D eigenvalue weighted by molar-refractivity contribution is 6.31. The maximum atomic E-state index is 13.6. The van der Waals surface area contributed by atoms with Gasteiger partial charge in [-0.15, -0.1) is 5.10 Å². The summed E-state index contributed by atoms with van der Waals surface area (Å²) in [6.07, 6.45) is -4.83. The molecule has 0 amide bonds. The van der Waals surface area contributed by atoms with Crippen LogP contribution in [0.3, 0.4) is 0 Å². The zero-order chi connectivity index (χ0) is 14.9. The normalized spacial score (nSPS) is 11.4. The van der Waals surface area contributed by atoms with Gasteiger partial charge in [0.05, 0.1) is 6.54 Å². The molecule has 2 aromatic rings. The molecule has 0 unspecified atom stereocenters. The molecule has 0 N–H and O–H groups in total. The highest BCUT2D eigenvalue weighted by Gasteiger charge is 2.39. The SMILES string of the molecule is N#Cc1nnn(Cc2c(F)cccc2Cl)c1C(F)(F)F. The van der Waals surface area contributed by atoms with Crippen molar-refractivity contribution in [2.45, 2.75) is 12.7 Å². The standard InChI is InChI=1S/C11H5ClF4N4/c12-7-2-1-3-8(13)6(7)5-20-10(11(14,15)16)9(4-17)18-19-20/h1-3H,5H2. The van der Waals surface area contributed by atoms with E-state index in [0.717, 1.165) is 6.07 Å². The number of hydrogen-bond acceptors (Lipinski definition) is 3. The third-order valence-corrected chi connectivity index (χ3v) is 2.83. The second-order valence-electron chi connectivity index (χ2n) is 3.75. The van der Waals surface area contributed by atoms with E-state index in [1.54, 1.807) is 0 Å². The van der Waals surface area contributed by atoms with Crippen LogP contribution in [0.4, 0.5) is 17.6 Å². The highest BCUT2D eigenvalue weighted by Crippen LogP contribution is 2.31. The van der Waals surface area contributed by atoms with E-state index in [9.17, 15) is 17.6 Å². The summed E-state index contributed by atoms with van der Waals surface area (Å²) in [4.78, 5) is 0. The summed E-state index contributed by atoms with van der Waals surface area (Å²) in [5.41, 5.74) is -2.36. The number of halogens is 5. The number of nitriles is 1. The van der Waals surface area contributed by atoms with Crippen molar-refractivity contribution in [3.05, 3.63) is 46.0 Å². The molecule has 0 saturated heterocycles. The lowest BCUT2D eigenvalue weighted by Crippen LogP contribution is -2.17. The van der Waals surface area contributed by atoms with Gasteiger partial charge in [-0.25, -0.2) is 9.07 Å². The van der Waals surface area contributed by atoms with Gasteiger partial charge >= 0.3 is 6.18 Å². The van der Waals surface area contributed by atoms with E-state index in [-0.39, 0.29) is 10.6 Å². The molecule has 9 heteroatoms. The molecule has 2 rings (SSSR count). The molecule has 0 bridgehead atoms. The van der Waals surface area contributed by atoms with Crippen LogP contribution in [-0.2, 0) is 12.7 Å². The van der Waals surface area contributed by atoms with Gasteiger partial charge < -0.3 is 0 Å². The molecule has 4 nitrogen and oxygen atoms in total. The first kappa shape index (κ1) is 14.3. The van der Waals surface area contributed by atoms with Crippen molar-refractivity contribution in [3.63, 3.8) is 0 Å². The van der Waals surface area contributed by atoms with Crippen molar-refractivity contribution in [2.75, 3.05) is 0 Å². The molecular weight excluding hydrogens is 300 g/mol. The second-order valence-corrected chi connectivity index (χ2v) is 4.16. The molecule has 0 fully saturated rings. The van der Waals surface area contributed by atoms with Crippen molar-refractivity contribution in [3.8, 4) is 6.07 Å². The van der Waals surface area contributed by atoms with Gasteiger partial charge in [-0.05, 0) is 12.1 Å². The molecular formula is C11H5ClF4N4. The van der Waals surface area contributed by atoms with Crippen LogP contribution in [0.1, 0.15) is 17.0 Å². The van der Waals surface area contributed by atoms with Crippen LogP contribution in [0.2, 0.25) is 5.02 Å². The third-order valence-electron chi connectivity index (χ3n) is 2.48. The lowest BCUT2D eigenvalue weighted by Gasteiger charge is -2.11. The Kier molecular flexibility index (Phi) is 3.63. The summed E-state index contributed by atoms with van der Waals surface area (Å²) >= 11 is 5.74.